The fourth-order valence-electron chi connectivity index (χ4n) is 1.68. The Labute approximate surface area is 117 Å². The van der Waals surface area contributed by atoms with Crippen LogP contribution < -0.4 is 9.47 Å². The van der Waals surface area contributed by atoms with Crippen molar-refractivity contribution in [1.29, 1.82) is 0 Å². The van der Waals surface area contributed by atoms with E-state index in [0.717, 1.165) is 11.3 Å². The van der Waals surface area contributed by atoms with Crippen molar-refractivity contribution in [2.24, 2.45) is 0 Å². The molecule has 0 saturated heterocycles. The van der Waals surface area contributed by atoms with Crippen molar-refractivity contribution >= 4 is 5.97 Å². The van der Waals surface area contributed by atoms with Gasteiger partial charge in [-0.1, -0.05) is 12.1 Å². The molecular weight excluding hydrogens is 256 g/mol. The summed E-state index contributed by atoms with van der Waals surface area (Å²) in [5.41, 5.74) is 1.41. The van der Waals surface area contributed by atoms with E-state index in [2.05, 4.69) is 0 Å². The van der Waals surface area contributed by atoms with Crippen molar-refractivity contribution in [3.05, 3.63) is 59.7 Å². The molecule has 0 spiro atoms. The Balaban J connectivity index is 1.93. The van der Waals surface area contributed by atoms with E-state index < -0.39 is 0 Å². The second-order valence-corrected chi connectivity index (χ2v) is 4.15. The first-order valence-electron chi connectivity index (χ1n) is 6.17. The van der Waals surface area contributed by atoms with Crippen LogP contribution in [0.3, 0.4) is 0 Å². The summed E-state index contributed by atoms with van der Waals surface area (Å²) in [5.74, 6) is 1.12. The highest BCUT2D eigenvalue weighted by Crippen LogP contribution is 2.14. The minimum atomic E-state index is -0.358. The third kappa shape index (κ3) is 3.51. The second kappa shape index (κ2) is 6.61. The predicted molar refractivity (Wildman–Crippen MR) is 75.1 cm³/mol. The fraction of sp³-hybridized carbons (Fsp3) is 0.188. The molecule has 0 aliphatic rings. The van der Waals surface area contributed by atoms with E-state index in [9.17, 15) is 4.79 Å². The highest BCUT2D eigenvalue weighted by molar-refractivity contribution is 5.89. The standard InChI is InChI=1S/C16H16O4/c1-18-14-7-3-12(4-8-14)11-20-16(17)13-5-9-15(19-2)10-6-13/h3-10H,11H2,1-2H3. The van der Waals surface area contributed by atoms with Crippen LogP contribution in [0, 0.1) is 0 Å². The van der Waals surface area contributed by atoms with Crippen LogP contribution in [0.1, 0.15) is 15.9 Å². The molecule has 0 N–H and O–H groups in total. The molecule has 0 heterocycles. The first kappa shape index (κ1) is 13.9. The molecule has 104 valence electrons. The third-order valence-electron chi connectivity index (χ3n) is 2.85. The molecule has 2 aromatic rings. The number of hydrogen-bond donors (Lipinski definition) is 0. The van der Waals surface area contributed by atoms with Crippen molar-refractivity contribution in [3.8, 4) is 11.5 Å². The van der Waals surface area contributed by atoms with Crippen LogP contribution in [0.15, 0.2) is 48.5 Å². The van der Waals surface area contributed by atoms with Crippen molar-refractivity contribution in [3.63, 3.8) is 0 Å². The highest BCUT2D eigenvalue weighted by atomic mass is 16.5. The van der Waals surface area contributed by atoms with Gasteiger partial charge >= 0.3 is 5.97 Å². The van der Waals surface area contributed by atoms with Gasteiger partial charge in [-0.2, -0.15) is 0 Å². The molecule has 0 unspecified atom stereocenters. The van der Waals surface area contributed by atoms with E-state index in [0.29, 0.717) is 11.3 Å². The number of rotatable bonds is 5. The summed E-state index contributed by atoms with van der Waals surface area (Å²) in [6.07, 6.45) is 0. The summed E-state index contributed by atoms with van der Waals surface area (Å²) in [6.45, 7) is 0.231. The lowest BCUT2D eigenvalue weighted by Crippen LogP contribution is -2.05. The SMILES string of the molecule is COc1ccc(COC(=O)c2ccc(OC)cc2)cc1. The van der Waals surface area contributed by atoms with Gasteiger partial charge in [-0.05, 0) is 42.0 Å². The zero-order chi connectivity index (χ0) is 14.4. The Bertz CT molecular complexity index is 558. The van der Waals surface area contributed by atoms with Crippen LogP contribution in [-0.2, 0) is 11.3 Å². The molecule has 0 saturated carbocycles. The fourth-order valence-corrected chi connectivity index (χ4v) is 1.68. The monoisotopic (exact) mass is 272 g/mol. The maximum Gasteiger partial charge on any atom is 0.338 e. The highest BCUT2D eigenvalue weighted by Gasteiger charge is 2.07. The maximum atomic E-state index is 11.9. The Hall–Kier alpha value is -2.49. The molecule has 0 bridgehead atoms. The minimum absolute atomic E-state index is 0.231. The summed E-state index contributed by atoms with van der Waals surface area (Å²) in [7, 11) is 3.19. The molecule has 0 aliphatic heterocycles. The summed E-state index contributed by atoms with van der Waals surface area (Å²) in [4.78, 5) is 11.9. The van der Waals surface area contributed by atoms with Crippen molar-refractivity contribution in [1.82, 2.24) is 0 Å². The molecule has 0 amide bonds. The molecule has 2 aromatic carbocycles. The lowest BCUT2D eigenvalue weighted by atomic mass is 10.2. The molecule has 0 aliphatic carbocycles. The van der Waals surface area contributed by atoms with Gasteiger partial charge in [-0.25, -0.2) is 4.79 Å². The van der Waals surface area contributed by atoms with E-state index in [1.165, 1.54) is 0 Å². The number of hydrogen-bond acceptors (Lipinski definition) is 4. The number of benzene rings is 2. The lowest BCUT2D eigenvalue weighted by molar-refractivity contribution is 0.0472. The number of esters is 1. The molecule has 0 atom stereocenters. The number of ether oxygens (including phenoxy) is 3. The molecule has 0 aromatic heterocycles. The van der Waals surface area contributed by atoms with Gasteiger partial charge in [0.2, 0.25) is 0 Å². The third-order valence-corrected chi connectivity index (χ3v) is 2.85. The van der Waals surface area contributed by atoms with Crippen molar-refractivity contribution in [2.75, 3.05) is 14.2 Å². The number of carbonyl (C=O) groups is 1. The average molecular weight is 272 g/mol. The average Bonchev–Trinajstić information content (AvgIpc) is 2.53. The Morgan fingerprint density at radius 1 is 0.850 bits per heavy atom. The summed E-state index contributed by atoms with van der Waals surface area (Å²) < 4.78 is 15.3. The largest absolute Gasteiger partial charge is 0.497 e. The maximum absolute atomic E-state index is 11.9. The summed E-state index contributed by atoms with van der Waals surface area (Å²) >= 11 is 0. The van der Waals surface area contributed by atoms with E-state index in [4.69, 9.17) is 14.2 Å². The first-order valence-corrected chi connectivity index (χ1v) is 6.17. The van der Waals surface area contributed by atoms with E-state index in [1.54, 1.807) is 38.5 Å². The van der Waals surface area contributed by atoms with Gasteiger partial charge in [0, 0.05) is 0 Å². The summed E-state index contributed by atoms with van der Waals surface area (Å²) in [6, 6.07) is 14.2. The van der Waals surface area contributed by atoms with Crippen molar-refractivity contribution < 1.29 is 19.0 Å². The van der Waals surface area contributed by atoms with Gasteiger partial charge in [0.1, 0.15) is 18.1 Å². The van der Waals surface area contributed by atoms with Gasteiger partial charge in [-0.15, -0.1) is 0 Å². The van der Waals surface area contributed by atoms with Crippen molar-refractivity contribution in [2.45, 2.75) is 6.61 Å². The van der Waals surface area contributed by atoms with Crippen LogP contribution in [0.4, 0.5) is 0 Å². The normalized spacial score (nSPS) is 9.90. The molecule has 4 heteroatoms. The molecule has 4 nitrogen and oxygen atoms in total. The topological polar surface area (TPSA) is 44.8 Å². The first-order chi connectivity index (χ1) is 9.72. The zero-order valence-electron chi connectivity index (χ0n) is 11.5. The van der Waals surface area contributed by atoms with E-state index in [-0.39, 0.29) is 12.6 Å². The van der Waals surface area contributed by atoms with E-state index in [1.807, 2.05) is 24.3 Å². The predicted octanol–water partition coefficient (Wildman–Crippen LogP) is 3.06. The zero-order valence-corrected chi connectivity index (χ0v) is 11.5. The van der Waals surface area contributed by atoms with Crippen LogP contribution >= 0.6 is 0 Å². The molecule has 0 fully saturated rings. The van der Waals surface area contributed by atoms with Gasteiger partial charge in [0.05, 0.1) is 19.8 Å². The number of methoxy groups -OCH3 is 2. The van der Waals surface area contributed by atoms with E-state index >= 15 is 0 Å². The second-order valence-electron chi connectivity index (χ2n) is 4.15. The Kier molecular flexibility index (Phi) is 4.60. The number of carbonyl (C=O) groups excluding carboxylic acids is 1. The van der Waals surface area contributed by atoms with Gasteiger partial charge < -0.3 is 14.2 Å². The molecular formula is C16H16O4. The van der Waals surface area contributed by atoms with Crippen LogP contribution in [0.25, 0.3) is 0 Å². The lowest BCUT2D eigenvalue weighted by Gasteiger charge is -2.06. The molecule has 2 rings (SSSR count). The van der Waals surface area contributed by atoms with Gasteiger partial charge in [-0.3, -0.25) is 0 Å². The Morgan fingerprint density at radius 3 is 1.85 bits per heavy atom. The van der Waals surface area contributed by atoms with Crippen LogP contribution in [0.5, 0.6) is 11.5 Å². The minimum Gasteiger partial charge on any atom is -0.497 e. The smallest absolute Gasteiger partial charge is 0.338 e. The van der Waals surface area contributed by atoms with Crippen LogP contribution in [0.2, 0.25) is 0 Å². The quantitative estimate of drug-likeness (QED) is 0.785. The van der Waals surface area contributed by atoms with Gasteiger partial charge in [0.15, 0.2) is 0 Å². The van der Waals surface area contributed by atoms with Crippen LogP contribution in [-0.4, -0.2) is 20.2 Å². The summed E-state index contributed by atoms with van der Waals surface area (Å²) in [5, 5.41) is 0. The molecule has 20 heavy (non-hydrogen) atoms. The molecule has 0 radical (unpaired) electrons. The Morgan fingerprint density at radius 2 is 1.35 bits per heavy atom. The van der Waals surface area contributed by atoms with Gasteiger partial charge in [0.25, 0.3) is 0 Å².